The predicted molar refractivity (Wildman–Crippen MR) is 108 cm³/mol. The molecule has 2 aromatic rings. The van der Waals surface area contributed by atoms with E-state index >= 15 is 0 Å². The van der Waals surface area contributed by atoms with Crippen LogP contribution in [-0.4, -0.2) is 32.1 Å². The summed E-state index contributed by atoms with van der Waals surface area (Å²) in [4.78, 5) is 16.7. The number of hydrogen-bond donors (Lipinski definition) is 1. The molecule has 4 rings (SSSR count). The number of carbonyl (C=O) groups excluding carboxylic acids is 1. The standard InChI is InChI=1S/C22H25F2N3O/c1-15-11-18(26-8-2-3-9-26)6-7-20(15)25-21(28)14-27-10-4-5-16-12-17(23)13-19(24)22(16)27/h6-7,11-13H,2-5,8-10,14H2,1H3,(H,25,28). The summed E-state index contributed by atoms with van der Waals surface area (Å²) >= 11 is 0. The SMILES string of the molecule is Cc1cc(N2CCCC2)ccc1NC(=O)CN1CCCc2cc(F)cc(F)c21. The van der Waals surface area contributed by atoms with E-state index in [1.165, 1.54) is 24.6 Å². The second-order valence-electron chi connectivity index (χ2n) is 7.66. The number of anilines is 3. The van der Waals surface area contributed by atoms with Crippen molar-refractivity contribution in [1.29, 1.82) is 0 Å². The van der Waals surface area contributed by atoms with E-state index in [-0.39, 0.29) is 12.5 Å². The number of rotatable bonds is 4. The molecule has 2 aliphatic heterocycles. The molecule has 148 valence electrons. The molecule has 1 saturated heterocycles. The van der Waals surface area contributed by atoms with E-state index in [0.29, 0.717) is 24.2 Å². The van der Waals surface area contributed by atoms with E-state index in [2.05, 4.69) is 16.3 Å². The average Bonchev–Trinajstić information content (AvgIpc) is 3.17. The van der Waals surface area contributed by atoms with E-state index in [1.54, 1.807) is 4.90 Å². The van der Waals surface area contributed by atoms with E-state index in [9.17, 15) is 13.6 Å². The first-order valence-electron chi connectivity index (χ1n) is 9.89. The number of amides is 1. The van der Waals surface area contributed by atoms with Gasteiger partial charge in [0.1, 0.15) is 11.6 Å². The number of halogens is 2. The van der Waals surface area contributed by atoms with E-state index in [4.69, 9.17) is 0 Å². The number of hydrogen-bond acceptors (Lipinski definition) is 3. The number of benzene rings is 2. The topological polar surface area (TPSA) is 35.6 Å². The Kier molecular flexibility index (Phi) is 5.20. The third-order valence-electron chi connectivity index (χ3n) is 5.59. The van der Waals surface area contributed by atoms with Crippen molar-refractivity contribution in [3.63, 3.8) is 0 Å². The molecule has 0 aromatic heterocycles. The van der Waals surface area contributed by atoms with Gasteiger partial charge in [0.25, 0.3) is 0 Å². The molecule has 0 spiro atoms. The van der Waals surface area contributed by atoms with Gasteiger partial charge in [0.2, 0.25) is 5.91 Å². The van der Waals surface area contributed by atoms with Crippen LogP contribution >= 0.6 is 0 Å². The third kappa shape index (κ3) is 3.81. The van der Waals surface area contributed by atoms with Crippen molar-refractivity contribution in [3.8, 4) is 0 Å². The van der Waals surface area contributed by atoms with Crippen LogP contribution in [0.2, 0.25) is 0 Å². The van der Waals surface area contributed by atoms with Crippen LogP contribution in [0.1, 0.15) is 30.4 Å². The Labute approximate surface area is 164 Å². The largest absolute Gasteiger partial charge is 0.372 e. The number of aryl methyl sites for hydroxylation is 2. The maximum absolute atomic E-state index is 14.3. The van der Waals surface area contributed by atoms with Gasteiger partial charge in [-0.3, -0.25) is 4.79 Å². The van der Waals surface area contributed by atoms with Gasteiger partial charge in [0, 0.05) is 37.1 Å². The molecule has 28 heavy (non-hydrogen) atoms. The van der Waals surface area contributed by atoms with Crippen LogP contribution in [0.3, 0.4) is 0 Å². The zero-order valence-corrected chi connectivity index (χ0v) is 16.1. The predicted octanol–water partition coefficient (Wildman–Crippen LogP) is 4.26. The Morgan fingerprint density at radius 2 is 1.86 bits per heavy atom. The molecular formula is C22H25F2N3O. The van der Waals surface area contributed by atoms with Crippen LogP contribution in [0, 0.1) is 18.6 Å². The summed E-state index contributed by atoms with van der Waals surface area (Å²) in [6, 6.07) is 8.31. The number of nitrogens with one attached hydrogen (secondary N) is 1. The zero-order valence-electron chi connectivity index (χ0n) is 16.1. The third-order valence-corrected chi connectivity index (χ3v) is 5.59. The highest BCUT2D eigenvalue weighted by Gasteiger charge is 2.24. The van der Waals surface area contributed by atoms with Gasteiger partial charge in [-0.15, -0.1) is 0 Å². The van der Waals surface area contributed by atoms with Crippen molar-refractivity contribution >= 4 is 23.0 Å². The number of nitrogens with zero attached hydrogens (tertiary/aromatic N) is 2. The van der Waals surface area contributed by atoms with Gasteiger partial charge in [0.15, 0.2) is 0 Å². The average molecular weight is 385 g/mol. The van der Waals surface area contributed by atoms with Gasteiger partial charge >= 0.3 is 0 Å². The highest BCUT2D eigenvalue weighted by molar-refractivity contribution is 5.95. The lowest BCUT2D eigenvalue weighted by molar-refractivity contribution is -0.115. The summed E-state index contributed by atoms with van der Waals surface area (Å²) in [7, 11) is 0. The molecule has 1 amide bonds. The van der Waals surface area contributed by atoms with Crippen LogP contribution in [0.5, 0.6) is 0 Å². The quantitative estimate of drug-likeness (QED) is 0.854. The summed E-state index contributed by atoms with van der Waals surface area (Å²) in [5.74, 6) is -1.38. The first-order valence-corrected chi connectivity index (χ1v) is 9.89. The highest BCUT2D eigenvalue weighted by Crippen LogP contribution is 2.31. The van der Waals surface area contributed by atoms with Crippen LogP contribution in [0.15, 0.2) is 30.3 Å². The van der Waals surface area contributed by atoms with E-state index < -0.39 is 11.6 Å². The van der Waals surface area contributed by atoms with Crippen LogP contribution in [-0.2, 0) is 11.2 Å². The zero-order chi connectivity index (χ0) is 19.7. The first kappa shape index (κ1) is 18.7. The monoisotopic (exact) mass is 385 g/mol. The molecule has 6 heteroatoms. The fraction of sp³-hybridized carbons (Fsp3) is 0.409. The fourth-order valence-electron chi connectivity index (χ4n) is 4.22. The maximum atomic E-state index is 14.3. The lowest BCUT2D eigenvalue weighted by atomic mass is 10.0. The Balaban J connectivity index is 1.46. The second kappa shape index (κ2) is 7.78. The van der Waals surface area contributed by atoms with Crippen LogP contribution in [0.4, 0.5) is 25.8 Å². The molecule has 0 unspecified atom stereocenters. The molecule has 0 radical (unpaired) electrons. The minimum Gasteiger partial charge on any atom is -0.372 e. The molecule has 2 aromatic carbocycles. The first-order chi connectivity index (χ1) is 13.5. The van der Waals surface area contributed by atoms with Gasteiger partial charge < -0.3 is 15.1 Å². The second-order valence-corrected chi connectivity index (χ2v) is 7.66. The van der Waals surface area contributed by atoms with Gasteiger partial charge in [0.05, 0.1) is 12.2 Å². The maximum Gasteiger partial charge on any atom is 0.243 e. The smallest absolute Gasteiger partial charge is 0.243 e. The summed E-state index contributed by atoms with van der Waals surface area (Å²) in [6.07, 6.45) is 3.83. The lowest BCUT2D eigenvalue weighted by Gasteiger charge is -2.31. The minimum atomic E-state index is -0.603. The lowest BCUT2D eigenvalue weighted by Crippen LogP contribution is -2.37. The molecular weight excluding hydrogens is 360 g/mol. The van der Waals surface area contributed by atoms with Crippen LogP contribution < -0.4 is 15.1 Å². The molecule has 1 fully saturated rings. The Hall–Kier alpha value is -2.63. The van der Waals surface area contributed by atoms with Crippen molar-refractivity contribution < 1.29 is 13.6 Å². The molecule has 2 heterocycles. The van der Waals surface area contributed by atoms with Crippen molar-refractivity contribution in [2.24, 2.45) is 0 Å². The molecule has 2 aliphatic rings. The Morgan fingerprint density at radius 1 is 1.07 bits per heavy atom. The molecule has 0 bridgehead atoms. The van der Waals surface area contributed by atoms with E-state index in [1.807, 2.05) is 19.1 Å². The van der Waals surface area contributed by atoms with Crippen molar-refractivity contribution in [2.75, 3.05) is 41.3 Å². The summed E-state index contributed by atoms with van der Waals surface area (Å²) in [6.45, 7) is 4.75. The van der Waals surface area contributed by atoms with Crippen molar-refractivity contribution in [2.45, 2.75) is 32.6 Å². The molecule has 4 nitrogen and oxygen atoms in total. The van der Waals surface area contributed by atoms with Gasteiger partial charge in [-0.1, -0.05) is 0 Å². The Bertz CT molecular complexity index is 894. The number of fused-ring (bicyclic) bond motifs is 1. The minimum absolute atomic E-state index is 0.0445. The summed E-state index contributed by atoms with van der Waals surface area (Å²) in [5, 5.41) is 2.94. The molecule has 1 N–H and O–H groups in total. The Morgan fingerprint density at radius 3 is 2.61 bits per heavy atom. The molecule has 0 saturated carbocycles. The number of carbonyl (C=O) groups is 1. The summed E-state index contributed by atoms with van der Waals surface area (Å²) < 4.78 is 27.8. The molecule has 0 aliphatic carbocycles. The van der Waals surface area contributed by atoms with Crippen molar-refractivity contribution in [1.82, 2.24) is 0 Å². The molecule has 0 atom stereocenters. The van der Waals surface area contributed by atoms with Crippen molar-refractivity contribution in [3.05, 3.63) is 53.1 Å². The van der Waals surface area contributed by atoms with Gasteiger partial charge in [-0.2, -0.15) is 0 Å². The van der Waals surface area contributed by atoms with Crippen LogP contribution in [0.25, 0.3) is 0 Å². The summed E-state index contributed by atoms with van der Waals surface area (Å²) in [5.41, 5.74) is 3.93. The normalized spacial score (nSPS) is 16.2. The highest BCUT2D eigenvalue weighted by atomic mass is 19.1. The van der Waals surface area contributed by atoms with Gasteiger partial charge in [-0.05, 0) is 68.0 Å². The fourth-order valence-corrected chi connectivity index (χ4v) is 4.22. The van der Waals surface area contributed by atoms with E-state index in [0.717, 1.165) is 36.8 Å². The van der Waals surface area contributed by atoms with Gasteiger partial charge in [-0.25, -0.2) is 8.78 Å².